The van der Waals surface area contributed by atoms with Crippen LogP contribution in [0.3, 0.4) is 0 Å². The molecule has 3 heteroatoms. The Hall–Kier alpha value is -0.640. The topological polar surface area (TPSA) is 27.7 Å². The van der Waals surface area contributed by atoms with Crippen molar-refractivity contribution < 1.29 is 14.2 Å². The van der Waals surface area contributed by atoms with Gasteiger partial charge in [0.05, 0.1) is 13.2 Å². The summed E-state index contributed by atoms with van der Waals surface area (Å²) in [7, 11) is 0. The Morgan fingerprint density at radius 3 is 1.07 bits per heavy atom. The summed E-state index contributed by atoms with van der Waals surface area (Å²) >= 11 is 0. The summed E-state index contributed by atoms with van der Waals surface area (Å²) in [6.07, 6.45) is 39.9. The van der Waals surface area contributed by atoms with E-state index in [2.05, 4.69) is 38.2 Å². The molecule has 4 aliphatic rings. The Kier molecular flexibility index (Phi) is 18.9. The van der Waals surface area contributed by atoms with E-state index in [1.54, 1.807) is 0 Å². The Morgan fingerprint density at radius 2 is 0.733 bits per heavy atom. The lowest BCUT2D eigenvalue weighted by Crippen LogP contribution is -2.27. The van der Waals surface area contributed by atoms with E-state index in [1.807, 2.05) is 0 Å². The minimum Gasteiger partial charge on any atom is -0.381 e. The van der Waals surface area contributed by atoms with Gasteiger partial charge in [0.25, 0.3) is 0 Å². The highest BCUT2D eigenvalue weighted by Gasteiger charge is 2.32. The van der Waals surface area contributed by atoms with Gasteiger partial charge in [-0.15, -0.1) is 0 Å². The molecule has 0 radical (unpaired) electrons. The van der Waals surface area contributed by atoms with Crippen molar-refractivity contribution >= 4 is 0 Å². The van der Waals surface area contributed by atoms with E-state index in [1.165, 1.54) is 141 Å². The summed E-state index contributed by atoms with van der Waals surface area (Å²) in [6.45, 7) is 10.0. The molecule has 0 amide bonds. The molecule has 0 aromatic heterocycles. The van der Waals surface area contributed by atoms with Gasteiger partial charge in [-0.05, 0) is 176 Å². The molecule has 4 aliphatic carbocycles. The highest BCUT2D eigenvalue weighted by Crippen LogP contribution is 2.43. The van der Waals surface area contributed by atoms with E-state index in [4.69, 9.17) is 14.2 Å². The smallest absolute Gasteiger partial charge is 0.0651 e. The van der Waals surface area contributed by atoms with Crippen molar-refractivity contribution in [2.45, 2.75) is 155 Å². The van der Waals surface area contributed by atoms with E-state index >= 15 is 0 Å². The first kappa shape index (κ1) is 37.2. The highest BCUT2D eigenvalue weighted by atomic mass is 16.5. The lowest BCUT2D eigenvalue weighted by molar-refractivity contribution is 0.0635. The van der Waals surface area contributed by atoms with Crippen molar-refractivity contribution in [3.05, 3.63) is 24.3 Å². The Labute approximate surface area is 280 Å². The zero-order valence-corrected chi connectivity index (χ0v) is 30.0. The molecule has 0 spiro atoms. The molecule has 4 rings (SSSR count). The van der Waals surface area contributed by atoms with Gasteiger partial charge in [-0.1, -0.05) is 51.0 Å². The van der Waals surface area contributed by atoms with Crippen LogP contribution >= 0.6 is 0 Å². The molecule has 4 saturated carbocycles. The van der Waals surface area contributed by atoms with Crippen LogP contribution in [0.5, 0.6) is 0 Å². The second-order valence-electron chi connectivity index (χ2n) is 15.9. The standard InChI is InChI=1S/C42H74O3/c1-3-5-29-44-33-37-17-25-41(26-18-37)39-21-13-35(14-22-39)11-7-9-31-43-32-10-8-12-36-15-23-40(24-16-36)42-27-19-38(20-28-42)34-45-30-6-4-2/h7-10,35-42H,3-6,11-34H2,1-2H3. The molecule has 0 aliphatic heterocycles. The second kappa shape index (κ2) is 22.8. The second-order valence-corrected chi connectivity index (χ2v) is 15.9. The van der Waals surface area contributed by atoms with Crippen LogP contribution in [0.15, 0.2) is 24.3 Å². The van der Waals surface area contributed by atoms with E-state index in [0.717, 1.165) is 87.0 Å². The summed E-state index contributed by atoms with van der Waals surface area (Å²) in [4.78, 5) is 0. The van der Waals surface area contributed by atoms with Crippen LogP contribution < -0.4 is 0 Å². The first-order valence-electron chi connectivity index (χ1n) is 20.3. The molecule has 0 aromatic carbocycles. The first-order valence-corrected chi connectivity index (χ1v) is 20.3. The van der Waals surface area contributed by atoms with Gasteiger partial charge in [0.2, 0.25) is 0 Å². The van der Waals surface area contributed by atoms with E-state index < -0.39 is 0 Å². The highest BCUT2D eigenvalue weighted by molar-refractivity contribution is 4.90. The molecule has 3 nitrogen and oxygen atoms in total. The molecule has 0 N–H and O–H groups in total. The molecule has 0 atom stereocenters. The molecule has 0 bridgehead atoms. The third-order valence-corrected chi connectivity index (χ3v) is 12.6. The number of hydrogen-bond acceptors (Lipinski definition) is 3. The van der Waals surface area contributed by atoms with Crippen molar-refractivity contribution in [1.29, 1.82) is 0 Å². The third-order valence-electron chi connectivity index (χ3n) is 12.6. The number of rotatable bonds is 20. The molecule has 0 heterocycles. The van der Waals surface area contributed by atoms with Crippen LogP contribution in [0.1, 0.15) is 155 Å². The van der Waals surface area contributed by atoms with Crippen molar-refractivity contribution in [2.24, 2.45) is 47.3 Å². The van der Waals surface area contributed by atoms with Crippen molar-refractivity contribution in [1.82, 2.24) is 0 Å². The first-order chi connectivity index (χ1) is 22.2. The summed E-state index contributed by atoms with van der Waals surface area (Å²) in [5, 5.41) is 0. The Morgan fingerprint density at radius 1 is 0.400 bits per heavy atom. The van der Waals surface area contributed by atoms with E-state index in [9.17, 15) is 0 Å². The maximum atomic E-state index is 5.92. The SMILES string of the molecule is CCCCOCC1CCC(C2CCC(CC=CCOCC=CCC3CCC(C4CCC(COCCCC)CC4)CC3)CC2)CC1. The predicted octanol–water partition coefficient (Wildman–Crippen LogP) is 11.8. The molecular formula is C42H74O3. The van der Waals surface area contributed by atoms with Crippen molar-refractivity contribution in [3.8, 4) is 0 Å². The summed E-state index contributed by atoms with van der Waals surface area (Å²) in [6, 6.07) is 0. The van der Waals surface area contributed by atoms with Crippen LogP contribution in [0.25, 0.3) is 0 Å². The van der Waals surface area contributed by atoms with Crippen molar-refractivity contribution in [2.75, 3.05) is 39.6 Å². The average molecular weight is 627 g/mol. The fourth-order valence-corrected chi connectivity index (χ4v) is 9.35. The number of allylic oxidation sites excluding steroid dienone is 2. The normalized spacial score (nSPS) is 33.3. The molecule has 0 saturated heterocycles. The molecule has 4 fully saturated rings. The van der Waals surface area contributed by atoms with Crippen LogP contribution in [0, 0.1) is 47.3 Å². The summed E-state index contributed by atoms with van der Waals surface area (Å²) in [5.41, 5.74) is 0. The lowest BCUT2D eigenvalue weighted by Gasteiger charge is -2.37. The molecule has 0 unspecified atom stereocenters. The third kappa shape index (κ3) is 14.6. The monoisotopic (exact) mass is 627 g/mol. The Bertz CT molecular complexity index is 695. The van der Waals surface area contributed by atoms with Gasteiger partial charge in [-0.2, -0.15) is 0 Å². The van der Waals surface area contributed by atoms with Crippen LogP contribution in [0.4, 0.5) is 0 Å². The predicted molar refractivity (Wildman–Crippen MR) is 192 cm³/mol. The van der Waals surface area contributed by atoms with Crippen molar-refractivity contribution in [3.63, 3.8) is 0 Å². The van der Waals surface area contributed by atoms with Gasteiger partial charge in [0, 0.05) is 26.4 Å². The average Bonchev–Trinajstić information content (AvgIpc) is 3.09. The zero-order valence-electron chi connectivity index (χ0n) is 30.0. The minimum atomic E-state index is 0.767. The summed E-state index contributed by atoms with van der Waals surface area (Å²) < 4.78 is 17.7. The molecular weight excluding hydrogens is 552 g/mol. The van der Waals surface area contributed by atoms with E-state index in [-0.39, 0.29) is 0 Å². The van der Waals surface area contributed by atoms with Crippen LogP contribution in [-0.4, -0.2) is 39.6 Å². The van der Waals surface area contributed by atoms with Gasteiger partial charge in [0.15, 0.2) is 0 Å². The molecule has 0 aromatic rings. The lowest BCUT2D eigenvalue weighted by atomic mass is 9.69. The fourth-order valence-electron chi connectivity index (χ4n) is 9.35. The number of ether oxygens (including phenoxy) is 3. The number of hydrogen-bond donors (Lipinski definition) is 0. The summed E-state index contributed by atoms with van der Waals surface area (Å²) in [5.74, 6) is 7.49. The minimum absolute atomic E-state index is 0.767. The van der Waals surface area contributed by atoms with Crippen LogP contribution in [-0.2, 0) is 14.2 Å². The van der Waals surface area contributed by atoms with E-state index in [0.29, 0.717) is 0 Å². The van der Waals surface area contributed by atoms with Gasteiger partial charge in [0.1, 0.15) is 0 Å². The van der Waals surface area contributed by atoms with Crippen LogP contribution in [0.2, 0.25) is 0 Å². The van der Waals surface area contributed by atoms with Gasteiger partial charge >= 0.3 is 0 Å². The maximum Gasteiger partial charge on any atom is 0.0651 e. The molecule has 45 heavy (non-hydrogen) atoms. The van der Waals surface area contributed by atoms with Gasteiger partial charge in [-0.3, -0.25) is 0 Å². The molecule has 260 valence electrons. The van der Waals surface area contributed by atoms with Gasteiger partial charge in [-0.25, -0.2) is 0 Å². The zero-order chi connectivity index (χ0) is 31.4. The Balaban J connectivity index is 0.945. The number of unbranched alkanes of at least 4 members (excludes halogenated alkanes) is 2. The quantitative estimate of drug-likeness (QED) is 0.0994. The maximum absolute atomic E-state index is 5.92. The van der Waals surface area contributed by atoms with Gasteiger partial charge < -0.3 is 14.2 Å². The fraction of sp³-hybridized carbons (Fsp3) is 0.905. The largest absolute Gasteiger partial charge is 0.381 e.